The maximum Gasteiger partial charge on any atom is 0.308 e. The molecule has 0 aliphatic carbocycles. The number of benzene rings is 2. The molecule has 38 heavy (non-hydrogen) atoms. The van der Waals surface area contributed by atoms with Gasteiger partial charge < -0.3 is 10.0 Å². The first-order valence-corrected chi connectivity index (χ1v) is 14.9. The van der Waals surface area contributed by atoms with Crippen LogP contribution in [0.25, 0.3) is 0 Å². The van der Waals surface area contributed by atoms with Crippen LogP contribution in [0.4, 0.5) is 5.69 Å². The topological polar surface area (TPSA) is 99.9 Å². The minimum atomic E-state index is -0.747. The first kappa shape index (κ1) is 25.4. The van der Waals surface area contributed by atoms with Gasteiger partial charge >= 0.3 is 4.87 Å². The number of amides is 3. The number of fused-ring (bicyclic) bond motifs is 2. The van der Waals surface area contributed by atoms with E-state index in [2.05, 4.69) is 15.9 Å². The number of aromatic nitrogens is 1. The van der Waals surface area contributed by atoms with Crippen molar-refractivity contribution in [1.29, 1.82) is 0 Å². The Morgan fingerprint density at radius 3 is 2.32 bits per heavy atom. The quantitative estimate of drug-likeness (QED) is 0.443. The van der Waals surface area contributed by atoms with E-state index in [0.29, 0.717) is 28.7 Å². The van der Waals surface area contributed by atoms with Crippen molar-refractivity contribution < 1.29 is 19.5 Å². The van der Waals surface area contributed by atoms with E-state index in [1.807, 2.05) is 0 Å². The van der Waals surface area contributed by atoms with Gasteiger partial charge in [-0.3, -0.25) is 23.7 Å². The molecule has 3 aliphatic rings. The Kier molecular flexibility index (Phi) is 6.69. The fraction of sp³-hybridized carbons (Fsp3) is 0.333. The van der Waals surface area contributed by atoms with E-state index in [4.69, 9.17) is 0 Å². The molecule has 0 bridgehead atoms. The van der Waals surface area contributed by atoms with Gasteiger partial charge in [0.15, 0.2) is 0 Å². The number of nitrogens with zero attached hydrogens (tertiary/aromatic N) is 3. The number of thiazole rings is 1. The number of hydrogen-bond donors (Lipinski definition) is 1. The van der Waals surface area contributed by atoms with Crippen molar-refractivity contribution in [3.63, 3.8) is 0 Å². The number of phenols is 1. The van der Waals surface area contributed by atoms with Gasteiger partial charge in [0.05, 0.1) is 16.6 Å². The van der Waals surface area contributed by atoms with E-state index in [1.165, 1.54) is 21.2 Å². The number of piperidine rings is 1. The van der Waals surface area contributed by atoms with Crippen molar-refractivity contribution in [1.82, 2.24) is 9.47 Å². The molecule has 1 N–H and O–H groups in total. The molecule has 3 aliphatic heterocycles. The van der Waals surface area contributed by atoms with Crippen LogP contribution in [0.15, 0.2) is 62.8 Å². The molecule has 4 heterocycles. The number of carbonyl (C=O) groups excluding carboxylic acids is 3. The minimum absolute atomic E-state index is 0.0823. The van der Waals surface area contributed by atoms with Crippen molar-refractivity contribution in [2.45, 2.75) is 42.0 Å². The maximum absolute atomic E-state index is 13.9. The molecule has 0 spiro atoms. The molecule has 3 amide bonds. The molecule has 196 valence electrons. The second-order valence-electron chi connectivity index (χ2n) is 9.69. The number of aromatic hydroxyl groups is 1. The van der Waals surface area contributed by atoms with Crippen molar-refractivity contribution in [3.05, 3.63) is 73.1 Å². The van der Waals surface area contributed by atoms with Crippen LogP contribution in [0.2, 0.25) is 0 Å². The Balaban J connectivity index is 1.43. The van der Waals surface area contributed by atoms with Crippen molar-refractivity contribution in [2.24, 2.45) is 5.92 Å². The standard InChI is InChI=1S/C27H24BrN3O5S2/c28-16-6-8-17(9-7-16)31-24(34)21-20(15-4-10-18(32)11-5-15)23-26(37-22(21)25(31)35)30(27(36)38-23)14-19(33)29-12-2-1-3-13-29/h4-11,20-22,32H,1-3,12-14H2. The number of likely N-dealkylation sites (tertiary alicyclic amines) is 1. The largest absolute Gasteiger partial charge is 0.508 e. The summed E-state index contributed by atoms with van der Waals surface area (Å²) in [5.41, 5.74) is 1.22. The van der Waals surface area contributed by atoms with Crippen molar-refractivity contribution in [3.8, 4) is 5.75 Å². The number of thioether (sulfide) groups is 1. The Hall–Kier alpha value is -2.89. The highest BCUT2D eigenvalue weighted by Gasteiger charge is 2.56. The predicted octanol–water partition coefficient (Wildman–Crippen LogP) is 4.19. The highest BCUT2D eigenvalue weighted by Crippen LogP contribution is 2.54. The van der Waals surface area contributed by atoms with Crippen LogP contribution in [0.1, 0.15) is 35.6 Å². The first-order valence-electron chi connectivity index (χ1n) is 12.4. The van der Waals surface area contributed by atoms with E-state index >= 15 is 0 Å². The number of hydrogen-bond acceptors (Lipinski definition) is 7. The summed E-state index contributed by atoms with van der Waals surface area (Å²) in [5.74, 6) is -1.97. The highest BCUT2D eigenvalue weighted by atomic mass is 79.9. The lowest BCUT2D eigenvalue weighted by atomic mass is 9.83. The maximum atomic E-state index is 13.9. The molecule has 3 unspecified atom stereocenters. The first-order chi connectivity index (χ1) is 18.3. The van der Waals surface area contributed by atoms with Gasteiger partial charge in [0.2, 0.25) is 17.7 Å². The zero-order chi connectivity index (χ0) is 26.6. The molecule has 3 atom stereocenters. The zero-order valence-corrected chi connectivity index (χ0v) is 23.4. The second-order valence-corrected chi connectivity index (χ2v) is 12.7. The van der Waals surface area contributed by atoms with Crippen LogP contribution in [0, 0.1) is 5.92 Å². The number of rotatable bonds is 4. The average molecular weight is 615 g/mol. The monoisotopic (exact) mass is 613 g/mol. The van der Waals surface area contributed by atoms with E-state index in [-0.39, 0.29) is 34.9 Å². The lowest BCUT2D eigenvalue weighted by Gasteiger charge is -2.31. The van der Waals surface area contributed by atoms with Gasteiger partial charge in [-0.2, -0.15) is 0 Å². The third-order valence-electron chi connectivity index (χ3n) is 7.39. The molecule has 0 saturated carbocycles. The molecule has 0 radical (unpaired) electrons. The molecular formula is C27H24BrN3O5S2. The van der Waals surface area contributed by atoms with Gasteiger partial charge in [-0.1, -0.05) is 51.2 Å². The molecule has 2 saturated heterocycles. The summed E-state index contributed by atoms with van der Waals surface area (Å²) in [5, 5.41) is 9.71. The minimum Gasteiger partial charge on any atom is -0.508 e. The van der Waals surface area contributed by atoms with Crippen LogP contribution < -0.4 is 9.77 Å². The van der Waals surface area contributed by atoms with Crippen molar-refractivity contribution in [2.75, 3.05) is 18.0 Å². The van der Waals surface area contributed by atoms with E-state index in [1.54, 1.807) is 53.4 Å². The van der Waals surface area contributed by atoms with Crippen LogP contribution in [0.3, 0.4) is 0 Å². The lowest BCUT2D eigenvalue weighted by Crippen LogP contribution is -2.39. The smallest absolute Gasteiger partial charge is 0.308 e. The Labute approximate surface area is 235 Å². The van der Waals surface area contributed by atoms with Crippen LogP contribution in [-0.4, -0.2) is 50.6 Å². The van der Waals surface area contributed by atoms with Crippen molar-refractivity contribution >= 4 is 62.4 Å². The van der Waals surface area contributed by atoms with Crippen LogP contribution in [-0.2, 0) is 20.9 Å². The van der Waals surface area contributed by atoms with Gasteiger partial charge in [-0.15, -0.1) is 0 Å². The summed E-state index contributed by atoms with van der Waals surface area (Å²) in [7, 11) is 0. The Morgan fingerprint density at radius 2 is 1.63 bits per heavy atom. The normalized spacial score (nSPS) is 22.9. The van der Waals surface area contributed by atoms with E-state index in [9.17, 15) is 24.3 Å². The number of phenolic OH excluding ortho intramolecular Hbond substituents is 1. The Morgan fingerprint density at radius 1 is 0.947 bits per heavy atom. The van der Waals surface area contributed by atoms with Gasteiger partial charge in [0.1, 0.15) is 17.5 Å². The Bertz CT molecular complexity index is 1480. The molecule has 2 aromatic carbocycles. The third-order valence-corrected chi connectivity index (χ3v) is 10.5. The summed E-state index contributed by atoms with van der Waals surface area (Å²) in [6.07, 6.45) is 2.99. The SMILES string of the molecule is O=C(Cn1c2c(sc1=O)C(c1ccc(O)cc1)C1C(=O)N(c3ccc(Br)cc3)C(=O)C1S2)N1CCCCC1. The molecule has 1 aromatic heterocycles. The summed E-state index contributed by atoms with van der Waals surface area (Å²) in [6, 6.07) is 13.5. The highest BCUT2D eigenvalue weighted by molar-refractivity contribution is 9.10. The van der Waals surface area contributed by atoms with Crippen LogP contribution in [0.5, 0.6) is 5.75 Å². The molecule has 2 fully saturated rings. The molecule has 3 aromatic rings. The summed E-state index contributed by atoms with van der Waals surface area (Å²) < 4.78 is 2.31. The fourth-order valence-electron chi connectivity index (χ4n) is 5.52. The van der Waals surface area contributed by atoms with Gasteiger partial charge in [0.25, 0.3) is 0 Å². The fourth-order valence-corrected chi connectivity index (χ4v) is 8.56. The summed E-state index contributed by atoms with van der Waals surface area (Å²) in [6.45, 7) is 1.28. The third kappa shape index (κ3) is 4.30. The van der Waals surface area contributed by atoms with Gasteiger partial charge in [0, 0.05) is 28.4 Å². The van der Waals surface area contributed by atoms with Gasteiger partial charge in [-0.25, -0.2) is 4.90 Å². The van der Waals surface area contributed by atoms with E-state index in [0.717, 1.165) is 40.6 Å². The number of imide groups is 1. The van der Waals surface area contributed by atoms with Gasteiger partial charge in [-0.05, 0) is 61.2 Å². The predicted molar refractivity (Wildman–Crippen MR) is 149 cm³/mol. The molecule has 11 heteroatoms. The molecule has 6 rings (SSSR count). The number of anilines is 1. The average Bonchev–Trinajstić information content (AvgIpc) is 3.36. The van der Waals surface area contributed by atoms with Crippen LogP contribution >= 0.6 is 39.0 Å². The zero-order valence-electron chi connectivity index (χ0n) is 20.2. The molecular weight excluding hydrogens is 590 g/mol. The molecule has 8 nitrogen and oxygen atoms in total. The lowest BCUT2D eigenvalue weighted by molar-refractivity contribution is -0.133. The summed E-state index contributed by atoms with van der Waals surface area (Å²) >= 11 is 5.63. The van der Waals surface area contributed by atoms with E-state index < -0.39 is 17.1 Å². The number of halogens is 1. The summed E-state index contributed by atoms with van der Waals surface area (Å²) in [4.78, 5) is 57.4. The second kappa shape index (κ2) is 10.0. The number of carbonyl (C=O) groups is 3.